The predicted molar refractivity (Wildman–Crippen MR) is 73.6 cm³/mol. The number of halogens is 3. The van der Waals surface area contributed by atoms with Gasteiger partial charge >= 0.3 is 6.18 Å². The van der Waals surface area contributed by atoms with Crippen molar-refractivity contribution in [2.24, 2.45) is 0 Å². The van der Waals surface area contributed by atoms with E-state index in [0.717, 1.165) is 17.7 Å². The van der Waals surface area contributed by atoms with Crippen LogP contribution in [0, 0.1) is 6.92 Å². The van der Waals surface area contributed by atoms with Crippen LogP contribution in [0.4, 0.5) is 18.9 Å². The second-order valence-corrected chi connectivity index (χ2v) is 4.74. The molecule has 0 aliphatic rings. The van der Waals surface area contributed by atoms with Gasteiger partial charge in [-0.25, -0.2) is 4.98 Å². The normalized spacial score (nSPS) is 12.0. The van der Waals surface area contributed by atoms with Gasteiger partial charge < -0.3 is 10.2 Å². The van der Waals surface area contributed by atoms with Gasteiger partial charge in [-0.1, -0.05) is 12.1 Å². The molecule has 0 saturated heterocycles. The summed E-state index contributed by atoms with van der Waals surface area (Å²) in [6.45, 7) is 1.87. The minimum Gasteiger partial charge on any atom is -0.436 e. The summed E-state index contributed by atoms with van der Waals surface area (Å²) in [6.07, 6.45) is -4.43. The van der Waals surface area contributed by atoms with Crippen LogP contribution in [0.3, 0.4) is 0 Å². The van der Waals surface area contributed by atoms with Gasteiger partial charge in [0.1, 0.15) is 5.52 Å². The Labute approximate surface area is 118 Å². The summed E-state index contributed by atoms with van der Waals surface area (Å²) in [5.74, 6) is 0.213. The molecular formula is C15H11F3N2O. The van der Waals surface area contributed by atoms with Crippen LogP contribution < -0.4 is 5.73 Å². The fourth-order valence-electron chi connectivity index (χ4n) is 2.14. The first-order valence-electron chi connectivity index (χ1n) is 6.19. The van der Waals surface area contributed by atoms with Crippen LogP contribution >= 0.6 is 0 Å². The van der Waals surface area contributed by atoms with Crippen LogP contribution in [-0.4, -0.2) is 4.98 Å². The topological polar surface area (TPSA) is 52.0 Å². The molecule has 2 N–H and O–H groups in total. The van der Waals surface area contributed by atoms with E-state index in [2.05, 4.69) is 4.98 Å². The third-order valence-corrected chi connectivity index (χ3v) is 3.22. The minimum absolute atomic E-state index is 0.0194. The molecule has 0 unspecified atom stereocenters. The second kappa shape index (κ2) is 4.51. The smallest absolute Gasteiger partial charge is 0.416 e. The zero-order valence-electron chi connectivity index (χ0n) is 11.0. The fourth-order valence-corrected chi connectivity index (χ4v) is 2.14. The Morgan fingerprint density at radius 3 is 2.52 bits per heavy atom. The molecule has 0 spiro atoms. The lowest BCUT2D eigenvalue weighted by atomic mass is 10.1. The van der Waals surface area contributed by atoms with Crippen LogP contribution in [0.2, 0.25) is 0 Å². The molecule has 1 aromatic heterocycles. The van der Waals surface area contributed by atoms with Crippen molar-refractivity contribution in [2.45, 2.75) is 13.1 Å². The van der Waals surface area contributed by atoms with Crippen molar-refractivity contribution in [3.05, 3.63) is 47.5 Å². The zero-order chi connectivity index (χ0) is 15.2. The summed E-state index contributed by atoms with van der Waals surface area (Å²) < 4.78 is 43.5. The van der Waals surface area contributed by atoms with Crippen molar-refractivity contribution in [1.82, 2.24) is 4.98 Å². The number of oxazole rings is 1. The molecule has 0 aliphatic heterocycles. The van der Waals surface area contributed by atoms with Crippen LogP contribution in [0.25, 0.3) is 22.6 Å². The van der Waals surface area contributed by atoms with Crippen LogP contribution in [-0.2, 0) is 6.18 Å². The maximum Gasteiger partial charge on any atom is 0.416 e. The third kappa shape index (κ3) is 2.33. The number of fused-ring (bicyclic) bond motifs is 1. The standard InChI is InChI=1S/C15H11F3N2O/c1-8-3-2-4-12-13(8)21-14(20-12)10-6-5-9(7-11(10)19)15(16,17)18/h2-7H,19H2,1H3. The van der Waals surface area contributed by atoms with Crippen LogP contribution in [0.5, 0.6) is 0 Å². The Kier molecular flexibility index (Phi) is 2.90. The summed E-state index contributed by atoms with van der Waals surface area (Å²) in [4.78, 5) is 4.27. The van der Waals surface area contributed by atoms with Gasteiger partial charge in [-0.05, 0) is 36.8 Å². The number of anilines is 1. The highest BCUT2D eigenvalue weighted by atomic mass is 19.4. The fraction of sp³-hybridized carbons (Fsp3) is 0.133. The molecule has 0 saturated carbocycles. The Morgan fingerprint density at radius 1 is 1.14 bits per heavy atom. The third-order valence-electron chi connectivity index (χ3n) is 3.22. The van der Waals surface area contributed by atoms with Crippen molar-refractivity contribution < 1.29 is 17.6 Å². The molecule has 0 aliphatic carbocycles. The number of hydrogen-bond donors (Lipinski definition) is 1. The highest BCUT2D eigenvalue weighted by Gasteiger charge is 2.31. The molecule has 1 heterocycles. The van der Waals surface area contributed by atoms with E-state index in [-0.39, 0.29) is 11.6 Å². The molecule has 0 fully saturated rings. The van der Waals surface area contributed by atoms with E-state index < -0.39 is 11.7 Å². The number of benzene rings is 2. The minimum atomic E-state index is -4.43. The van der Waals surface area contributed by atoms with E-state index in [1.807, 2.05) is 19.1 Å². The molecule has 0 atom stereocenters. The first-order chi connectivity index (χ1) is 9.86. The number of para-hydroxylation sites is 1. The lowest BCUT2D eigenvalue weighted by molar-refractivity contribution is -0.137. The first kappa shape index (κ1) is 13.5. The van der Waals surface area contributed by atoms with Gasteiger partial charge in [-0.15, -0.1) is 0 Å². The molecule has 108 valence electrons. The van der Waals surface area contributed by atoms with Gasteiger partial charge in [0.25, 0.3) is 0 Å². The van der Waals surface area contributed by atoms with Crippen molar-refractivity contribution in [3.8, 4) is 11.5 Å². The molecule has 0 amide bonds. The highest BCUT2D eigenvalue weighted by molar-refractivity contribution is 5.81. The highest BCUT2D eigenvalue weighted by Crippen LogP contribution is 2.35. The van der Waals surface area contributed by atoms with Gasteiger partial charge in [0.05, 0.1) is 11.1 Å². The lowest BCUT2D eigenvalue weighted by Crippen LogP contribution is -2.06. The molecule has 6 heteroatoms. The van der Waals surface area contributed by atoms with E-state index in [0.29, 0.717) is 16.7 Å². The quantitative estimate of drug-likeness (QED) is 0.676. The Morgan fingerprint density at radius 2 is 1.90 bits per heavy atom. The molecule has 21 heavy (non-hydrogen) atoms. The maximum atomic E-state index is 12.6. The van der Waals surface area contributed by atoms with E-state index >= 15 is 0 Å². The number of nitrogen functional groups attached to an aromatic ring is 1. The van der Waals surface area contributed by atoms with Crippen LogP contribution in [0.15, 0.2) is 40.8 Å². The van der Waals surface area contributed by atoms with E-state index in [1.54, 1.807) is 6.07 Å². The second-order valence-electron chi connectivity index (χ2n) is 4.74. The number of aryl methyl sites for hydroxylation is 1. The summed E-state index contributed by atoms with van der Waals surface area (Å²) in [7, 11) is 0. The summed E-state index contributed by atoms with van der Waals surface area (Å²) in [5.41, 5.74) is 7.39. The summed E-state index contributed by atoms with van der Waals surface area (Å²) in [6, 6.07) is 8.60. The average Bonchev–Trinajstić information content (AvgIpc) is 2.82. The van der Waals surface area contributed by atoms with Gasteiger partial charge in [0, 0.05) is 5.69 Å². The molecule has 3 nitrogen and oxygen atoms in total. The summed E-state index contributed by atoms with van der Waals surface area (Å²) >= 11 is 0. The number of nitrogens with zero attached hydrogens (tertiary/aromatic N) is 1. The molecular weight excluding hydrogens is 281 g/mol. The van der Waals surface area contributed by atoms with E-state index in [1.165, 1.54) is 6.07 Å². The molecule has 0 bridgehead atoms. The molecule has 0 radical (unpaired) electrons. The van der Waals surface area contributed by atoms with Crippen molar-refractivity contribution in [1.29, 1.82) is 0 Å². The Balaban J connectivity index is 2.13. The summed E-state index contributed by atoms with van der Waals surface area (Å²) in [5, 5.41) is 0. The maximum absolute atomic E-state index is 12.6. The van der Waals surface area contributed by atoms with E-state index in [9.17, 15) is 13.2 Å². The van der Waals surface area contributed by atoms with Gasteiger partial charge in [0.15, 0.2) is 5.58 Å². The Hall–Kier alpha value is -2.50. The largest absolute Gasteiger partial charge is 0.436 e. The van der Waals surface area contributed by atoms with Gasteiger partial charge in [-0.3, -0.25) is 0 Å². The number of aromatic nitrogens is 1. The van der Waals surface area contributed by atoms with E-state index in [4.69, 9.17) is 10.2 Å². The molecule has 2 aromatic carbocycles. The molecule has 3 aromatic rings. The van der Waals surface area contributed by atoms with Gasteiger partial charge in [0.2, 0.25) is 5.89 Å². The first-order valence-corrected chi connectivity index (χ1v) is 6.19. The Bertz CT molecular complexity index is 821. The van der Waals surface area contributed by atoms with Crippen molar-refractivity contribution >= 4 is 16.8 Å². The zero-order valence-corrected chi connectivity index (χ0v) is 11.0. The van der Waals surface area contributed by atoms with Gasteiger partial charge in [-0.2, -0.15) is 13.2 Å². The number of rotatable bonds is 1. The lowest BCUT2D eigenvalue weighted by Gasteiger charge is -2.08. The van der Waals surface area contributed by atoms with Crippen LogP contribution in [0.1, 0.15) is 11.1 Å². The SMILES string of the molecule is Cc1cccc2nc(-c3ccc(C(F)(F)F)cc3N)oc12. The monoisotopic (exact) mass is 292 g/mol. The number of nitrogens with two attached hydrogens (primary N) is 1. The van der Waals surface area contributed by atoms with Crippen molar-refractivity contribution in [2.75, 3.05) is 5.73 Å². The molecule has 3 rings (SSSR count). The number of alkyl halides is 3. The average molecular weight is 292 g/mol. The van der Waals surface area contributed by atoms with Crippen molar-refractivity contribution in [3.63, 3.8) is 0 Å². The predicted octanol–water partition coefficient (Wildman–Crippen LogP) is 4.40. The number of hydrogen-bond acceptors (Lipinski definition) is 3.